The number of amides is 1. The third-order valence-electron chi connectivity index (χ3n) is 8.50. The molecular formula is C38H32ClN5O5S3. The van der Waals surface area contributed by atoms with Crippen molar-refractivity contribution >= 4 is 67.1 Å². The third kappa shape index (κ3) is 7.35. The zero-order valence-electron chi connectivity index (χ0n) is 27.8. The smallest absolute Gasteiger partial charge is 0.261 e. The van der Waals surface area contributed by atoms with Gasteiger partial charge in [0.25, 0.3) is 10.0 Å². The summed E-state index contributed by atoms with van der Waals surface area (Å²) in [7, 11) is -2.47. The Bertz CT molecular complexity index is 2400. The molecule has 0 unspecified atom stereocenters. The molecule has 0 fully saturated rings. The number of halogens is 1. The summed E-state index contributed by atoms with van der Waals surface area (Å²) < 4.78 is 36.6. The lowest BCUT2D eigenvalue weighted by Crippen LogP contribution is -2.17. The number of sulfonamides is 1. The van der Waals surface area contributed by atoms with Crippen molar-refractivity contribution in [1.82, 2.24) is 14.8 Å². The number of benzene rings is 4. The number of carbonyl (C=O) groups excluding carboxylic acids is 2. The van der Waals surface area contributed by atoms with Gasteiger partial charge in [-0.05, 0) is 79.8 Å². The van der Waals surface area contributed by atoms with E-state index in [9.17, 15) is 18.0 Å². The third-order valence-corrected chi connectivity index (χ3v) is 12.3. The molecule has 0 spiro atoms. The Morgan fingerprint density at radius 2 is 1.67 bits per heavy atom. The van der Waals surface area contributed by atoms with Crippen LogP contribution in [0.25, 0.3) is 17.1 Å². The number of hydrogen-bond donors (Lipinski definition) is 2. The average molecular weight is 770 g/mol. The number of hydrogen-bond acceptors (Lipinski definition) is 9. The fourth-order valence-corrected chi connectivity index (χ4v) is 9.48. The van der Waals surface area contributed by atoms with Crippen molar-refractivity contribution in [2.75, 3.05) is 22.9 Å². The van der Waals surface area contributed by atoms with Gasteiger partial charge in [0.05, 0.1) is 39.6 Å². The van der Waals surface area contributed by atoms with Crippen molar-refractivity contribution in [1.29, 1.82) is 0 Å². The van der Waals surface area contributed by atoms with Gasteiger partial charge in [-0.2, -0.15) is 0 Å². The van der Waals surface area contributed by atoms with Crippen LogP contribution in [0.5, 0.6) is 5.75 Å². The van der Waals surface area contributed by atoms with Crippen LogP contribution in [0.4, 0.5) is 10.7 Å². The number of aryl methyl sites for hydroxylation is 1. The summed E-state index contributed by atoms with van der Waals surface area (Å²) in [6.45, 7) is 0. The number of methoxy groups -OCH3 is 1. The molecule has 1 aliphatic rings. The van der Waals surface area contributed by atoms with E-state index in [0.717, 1.165) is 41.8 Å². The quantitative estimate of drug-likeness (QED) is 0.0939. The number of thioether (sulfide) groups is 1. The normalized spacial score (nSPS) is 12.6. The predicted octanol–water partition coefficient (Wildman–Crippen LogP) is 8.30. The maximum absolute atomic E-state index is 14.0. The molecule has 14 heteroatoms. The maximum Gasteiger partial charge on any atom is 0.261 e. The average Bonchev–Trinajstić information content (AvgIpc) is 3.76. The van der Waals surface area contributed by atoms with Crippen LogP contribution in [-0.4, -0.2) is 47.7 Å². The zero-order chi connectivity index (χ0) is 36.2. The number of anilines is 2. The number of rotatable bonds is 12. The molecule has 1 amide bonds. The van der Waals surface area contributed by atoms with E-state index in [-0.39, 0.29) is 33.0 Å². The molecule has 2 aromatic heterocycles. The summed E-state index contributed by atoms with van der Waals surface area (Å²) in [6.07, 6.45) is 3.64. The molecule has 0 aliphatic heterocycles. The first kappa shape index (κ1) is 35.5. The summed E-state index contributed by atoms with van der Waals surface area (Å²) in [5.41, 5.74) is 3.45. The Balaban J connectivity index is 1.16. The maximum atomic E-state index is 14.0. The minimum absolute atomic E-state index is 0.0123. The minimum atomic E-state index is -4.00. The van der Waals surface area contributed by atoms with Crippen LogP contribution in [0.15, 0.2) is 113 Å². The second-order valence-corrected chi connectivity index (χ2v) is 16.0. The van der Waals surface area contributed by atoms with Crippen LogP contribution < -0.4 is 14.8 Å². The topological polar surface area (TPSA) is 132 Å². The standard InChI is InChI=1S/C38H32ClN5O5S3/c1-49-31-20-9-5-16-27(31)35(46)34-28-17-6-10-21-32(28)51-37(34)40-33(45)23-50-38-42-41-36(44(38)25-13-3-2-4-14-25)24-12-11-15-26(22-24)52(47,48)43-30-19-8-7-18-29(30)39/h2-5,7-9,11-16,18-20,22,43H,6,10,17,21,23H2,1H3,(H,40,45). The largest absolute Gasteiger partial charge is 0.496 e. The van der Waals surface area contributed by atoms with E-state index in [0.29, 0.717) is 38.4 Å². The van der Waals surface area contributed by atoms with Crippen molar-refractivity contribution in [3.8, 4) is 22.8 Å². The van der Waals surface area contributed by atoms with Gasteiger partial charge in [-0.15, -0.1) is 21.5 Å². The highest BCUT2D eigenvalue weighted by molar-refractivity contribution is 7.99. The van der Waals surface area contributed by atoms with E-state index in [4.69, 9.17) is 16.3 Å². The molecule has 1 aliphatic carbocycles. The number of ether oxygens (including phenoxy) is 1. The predicted molar refractivity (Wildman–Crippen MR) is 206 cm³/mol. The summed E-state index contributed by atoms with van der Waals surface area (Å²) >= 11 is 8.85. The summed E-state index contributed by atoms with van der Waals surface area (Å²) in [4.78, 5) is 28.7. The zero-order valence-corrected chi connectivity index (χ0v) is 31.0. The summed E-state index contributed by atoms with van der Waals surface area (Å²) in [5, 5.41) is 13.1. The van der Waals surface area contributed by atoms with Gasteiger partial charge in [0.15, 0.2) is 16.8 Å². The van der Waals surface area contributed by atoms with Crippen molar-refractivity contribution in [2.24, 2.45) is 0 Å². The molecule has 0 bridgehead atoms. The molecule has 2 heterocycles. The van der Waals surface area contributed by atoms with Crippen LogP contribution >= 0.6 is 34.7 Å². The van der Waals surface area contributed by atoms with Crippen molar-refractivity contribution < 1.29 is 22.7 Å². The van der Waals surface area contributed by atoms with E-state index in [2.05, 4.69) is 20.2 Å². The van der Waals surface area contributed by atoms with Gasteiger partial charge >= 0.3 is 0 Å². The number of para-hydroxylation sites is 3. The van der Waals surface area contributed by atoms with E-state index < -0.39 is 10.0 Å². The lowest BCUT2D eigenvalue weighted by atomic mass is 9.91. The highest BCUT2D eigenvalue weighted by atomic mass is 35.5. The molecule has 52 heavy (non-hydrogen) atoms. The Labute approximate surface area is 314 Å². The van der Waals surface area contributed by atoms with E-state index >= 15 is 0 Å². The minimum Gasteiger partial charge on any atom is -0.496 e. The van der Waals surface area contributed by atoms with Crippen molar-refractivity contribution in [3.05, 3.63) is 130 Å². The number of nitrogens with one attached hydrogen (secondary N) is 2. The summed E-state index contributed by atoms with van der Waals surface area (Å²) in [6, 6.07) is 29.5. The lowest BCUT2D eigenvalue weighted by molar-refractivity contribution is -0.113. The molecule has 6 aromatic rings. The highest BCUT2D eigenvalue weighted by Crippen LogP contribution is 2.40. The first-order valence-electron chi connectivity index (χ1n) is 16.4. The molecular weight excluding hydrogens is 738 g/mol. The molecule has 2 N–H and O–H groups in total. The Hall–Kier alpha value is -4.95. The fraction of sp³-hybridized carbons (Fsp3) is 0.158. The first-order chi connectivity index (χ1) is 25.2. The Morgan fingerprint density at radius 1 is 0.923 bits per heavy atom. The molecule has 0 saturated heterocycles. The second-order valence-electron chi connectivity index (χ2n) is 11.9. The molecule has 0 radical (unpaired) electrons. The van der Waals surface area contributed by atoms with Crippen LogP contribution in [0.3, 0.4) is 0 Å². The van der Waals surface area contributed by atoms with Crippen LogP contribution in [0, 0.1) is 0 Å². The van der Waals surface area contributed by atoms with Gasteiger partial charge in [-0.1, -0.05) is 78.0 Å². The Morgan fingerprint density at radius 3 is 2.48 bits per heavy atom. The molecule has 4 aromatic carbocycles. The number of thiophene rings is 1. The van der Waals surface area contributed by atoms with Crippen LogP contribution in [0.2, 0.25) is 5.02 Å². The molecule has 264 valence electrons. The number of fused-ring (bicyclic) bond motifs is 1. The summed E-state index contributed by atoms with van der Waals surface area (Å²) in [5.74, 6) is 0.359. The van der Waals surface area contributed by atoms with E-state index in [1.165, 1.54) is 42.3 Å². The molecule has 7 rings (SSSR count). The number of ketones is 1. The first-order valence-corrected chi connectivity index (χ1v) is 20.0. The SMILES string of the molecule is COc1ccccc1C(=O)c1c(NC(=O)CSc2nnc(-c3cccc(S(=O)(=O)Nc4ccccc4Cl)c3)n2-c2ccccc2)sc2c1CCCC2. The van der Waals surface area contributed by atoms with E-state index in [1.54, 1.807) is 59.2 Å². The second kappa shape index (κ2) is 15.3. The van der Waals surface area contributed by atoms with Crippen molar-refractivity contribution in [2.45, 2.75) is 35.7 Å². The molecule has 0 saturated carbocycles. The van der Waals surface area contributed by atoms with Gasteiger partial charge in [0.2, 0.25) is 5.91 Å². The molecule has 0 atom stereocenters. The van der Waals surface area contributed by atoms with Gasteiger partial charge < -0.3 is 10.1 Å². The van der Waals surface area contributed by atoms with Crippen LogP contribution in [0.1, 0.15) is 39.2 Å². The fourth-order valence-electron chi connectivity index (χ4n) is 6.06. The monoisotopic (exact) mass is 769 g/mol. The van der Waals surface area contributed by atoms with Gasteiger partial charge in [0.1, 0.15) is 10.8 Å². The van der Waals surface area contributed by atoms with E-state index in [1.807, 2.05) is 36.4 Å². The lowest BCUT2D eigenvalue weighted by Gasteiger charge is -2.14. The van der Waals surface area contributed by atoms with Crippen LogP contribution in [-0.2, 0) is 27.7 Å². The Kier molecular flexibility index (Phi) is 10.5. The molecule has 10 nitrogen and oxygen atoms in total. The highest BCUT2D eigenvalue weighted by Gasteiger charge is 2.29. The van der Waals surface area contributed by atoms with Gasteiger partial charge in [0, 0.05) is 16.1 Å². The number of nitrogens with zero attached hydrogens (tertiary/aromatic N) is 3. The van der Waals surface area contributed by atoms with Gasteiger partial charge in [-0.25, -0.2) is 8.42 Å². The number of carbonyl (C=O) groups is 2. The van der Waals surface area contributed by atoms with Gasteiger partial charge in [-0.3, -0.25) is 18.9 Å². The number of aromatic nitrogens is 3. The van der Waals surface area contributed by atoms with Crippen molar-refractivity contribution in [3.63, 3.8) is 0 Å².